The zero-order valence-corrected chi connectivity index (χ0v) is 18.1. The van der Waals surface area contributed by atoms with Crippen molar-refractivity contribution >= 4 is 28.1 Å². The first-order valence-corrected chi connectivity index (χ1v) is 11.1. The van der Waals surface area contributed by atoms with Crippen LogP contribution in [0.3, 0.4) is 0 Å². The van der Waals surface area contributed by atoms with Crippen molar-refractivity contribution in [3.63, 3.8) is 0 Å². The molecule has 6 N–H and O–H groups in total. The number of rotatable bonds is 4. The molecule has 0 spiro atoms. The van der Waals surface area contributed by atoms with Crippen molar-refractivity contribution in [1.82, 2.24) is 4.98 Å². The van der Waals surface area contributed by atoms with Crippen molar-refractivity contribution in [2.45, 2.75) is 51.6 Å². The number of aromatic nitrogens is 1. The number of aliphatic hydroxyl groups excluding tert-OH is 2. The van der Waals surface area contributed by atoms with Crippen LogP contribution in [0.15, 0.2) is 24.3 Å². The third kappa shape index (κ3) is 3.36. The lowest BCUT2D eigenvalue weighted by atomic mass is 9.47. The quantitative estimate of drug-likeness (QED) is 0.506. The Morgan fingerprint density at radius 3 is 2.87 bits per heavy atom. The summed E-state index contributed by atoms with van der Waals surface area (Å²) in [5, 5.41) is 34.0. The number of aromatic hydroxyl groups is 1. The lowest BCUT2D eigenvalue weighted by Crippen LogP contribution is -2.57. The Morgan fingerprint density at radius 2 is 2.17 bits per heavy atom. The molecule has 7 nitrogen and oxygen atoms in total. The second kappa shape index (κ2) is 7.51. The summed E-state index contributed by atoms with van der Waals surface area (Å²) in [5.41, 5.74) is 6.49. The highest BCUT2D eigenvalue weighted by molar-refractivity contribution is 7.15. The predicted molar refractivity (Wildman–Crippen MR) is 116 cm³/mol. The summed E-state index contributed by atoms with van der Waals surface area (Å²) < 4.78 is 0. The van der Waals surface area contributed by atoms with Gasteiger partial charge in [-0.15, -0.1) is 11.3 Å². The normalized spacial score (nSPS) is 32.9. The SMILES string of the molecule is C[C@]1(CO)[C@H]2Cc3sc(N)nc3[C@@H](CC(=O)Nc3cccc(O)c3)[C@]2(C)CC[C@H]1O. The van der Waals surface area contributed by atoms with Crippen molar-refractivity contribution in [2.75, 3.05) is 17.7 Å². The van der Waals surface area contributed by atoms with Crippen LogP contribution in [0.4, 0.5) is 10.8 Å². The van der Waals surface area contributed by atoms with Gasteiger partial charge in [-0.2, -0.15) is 0 Å². The molecule has 0 radical (unpaired) electrons. The fraction of sp³-hybridized carbons (Fsp3) is 0.545. The van der Waals surface area contributed by atoms with Crippen LogP contribution in [0.1, 0.15) is 49.6 Å². The molecule has 2 aliphatic carbocycles. The maximum absolute atomic E-state index is 13.0. The van der Waals surface area contributed by atoms with E-state index in [0.29, 0.717) is 23.7 Å². The second-order valence-corrected chi connectivity index (χ2v) is 10.3. The Labute approximate surface area is 180 Å². The molecular formula is C22H29N3O4S. The number of phenolic OH excluding ortho intramolecular Hbond substituents is 1. The number of nitrogens with one attached hydrogen (secondary N) is 1. The monoisotopic (exact) mass is 431 g/mol. The first kappa shape index (κ1) is 21.1. The summed E-state index contributed by atoms with van der Waals surface area (Å²) in [6, 6.07) is 6.47. The van der Waals surface area contributed by atoms with E-state index in [1.165, 1.54) is 17.4 Å². The predicted octanol–water partition coefficient (Wildman–Crippen LogP) is 2.88. The van der Waals surface area contributed by atoms with Gasteiger partial charge in [0, 0.05) is 34.4 Å². The van der Waals surface area contributed by atoms with Crippen molar-refractivity contribution in [3.8, 4) is 5.75 Å². The minimum atomic E-state index is -0.649. The van der Waals surface area contributed by atoms with E-state index in [4.69, 9.17) is 5.73 Å². The number of carbonyl (C=O) groups is 1. The van der Waals surface area contributed by atoms with Crippen LogP contribution in [0, 0.1) is 16.7 Å². The van der Waals surface area contributed by atoms with Gasteiger partial charge in [-0.25, -0.2) is 4.98 Å². The van der Waals surface area contributed by atoms with E-state index in [0.717, 1.165) is 17.0 Å². The van der Waals surface area contributed by atoms with E-state index in [1.807, 2.05) is 6.92 Å². The summed E-state index contributed by atoms with van der Waals surface area (Å²) in [6.07, 6.45) is 1.64. The van der Waals surface area contributed by atoms with Gasteiger partial charge in [-0.1, -0.05) is 19.9 Å². The fourth-order valence-electron chi connectivity index (χ4n) is 5.65. The minimum absolute atomic E-state index is 0.00432. The van der Waals surface area contributed by atoms with E-state index in [2.05, 4.69) is 17.2 Å². The number of nitrogens with two attached hydrogens (primary N) is 1. The smallest absolute Gasteiger partial charge is 0.225 e. The summed E-state index contributed by atoms with van der Waals surface area (Å²) in [4.78, 5) is 18.6. The molecule has 1 heterocycles. The number of phenols is 1. The molecule has 5 atom stereocenters. The summed E-state index contributed by atoms with van der Waals surface area (Å²) in [7, 11) is 0. The first-order valence-electron chi connectivity index (χ1n) is 10.3. The Kier molecular flexibility index (Phi) is 5.28. The third-order valence-corrected chi connectivity index (χ3v) is 8.35. The number of amides is 1. The maximum atomic E-state index is 13.0. The van der Waals surface area contributed by atoms with E-state index in [9.17, 15) is 20.1 Å². The molecule has 2 aliphatic rings. The van der Waals surface area contributed by atoms with Crippen LogP contribution in [-0.4, -0.2) is 38.9 Å². The van der Waals surface area contributed by atoms with Gasteiger partial charge in [-0.05, 0) is 42.7 Å². The molecule has 0 aliphatic heterocycles. The molecule has 1 saturated carbocycles. The second-order valence-electron chi connectivity index (χ2n) is 9.20. The number of hydrogen-bond acceptors (Lipinski definition) is 7. The average molecular weight is 432 g/mol. The van der Waals surface area contributed by atoms with Crippen LogP contribution in [-0.2, 0) is 11.2 Å². The number of fused-ring (bicyclic) bond motifs is 2. The molecule has 1 fully saturated rings. The van der Waals surface area contributed by atoms with Gasteiger partial charge in [0.25, 0.3) is 0 Å². The molecule has 0 bridgehead atoms. The highest BCUT2D eigenvalue weighted by Crippen LogP contribution is 2.62. The van der Waals surface area contributed by atoms with Gasteiger partial charge in [0.05, 0.1) is 18.4 Å². The third-order valence-electron chi connectivity index (χ3n) is 7.43. The van der Waals surface area contributed by atoms with Crippen molar-refractivity contribution in [3.05, 3.63) is 34.8 Å². The van der Waals surface area contributed by atoms with E-state index < -0.39 is 11.5 Å². The Bertz CT molecular complexity index is 964. The Morgan fingerprint density at radius 1 is 1.40 bits per heavy atom. The molecule has 1 aromatic heterocycles. The van der Waals surface area contributed by atoms with Gasteiger partial charge in [0.15, 0.2) is 5.13 Å². The van der Waals surface area contributed by atoms with E-state index in [-0.39, 0.29) is 41.9 Å². The van der Waals surface area contributed by atoms with Crippen LogP contribution in [0.5, 0.6) is 5.75 Å². The van der Waals surface area contributed by atoms with Gasteiger partial charge in [-0.3, -0.25) is 4.79 Å². The molecule has 0 saturated heterocycles. The van der Waals surface area contributed by atoms with Crippen molar-refractivity contribution in [1.29, 1.82) is 0 Å². The van der Waals surface area contributed by atoms with Crippen molar-refractivity contribution in [2.24, 2.45) is 16.7 Å². The van der Waals surface area contributed by atoms with Crippen LogP contribution in [0.2, 0.25) is 0 Å². The number of anilines is 2. The van der Waals surface area contributed by atoms with Gasteiger partial charge < -0.3 is 26.4 Å². The highest BCUT2D eigenvalue weighted by Gasteiger charge is 2.59. The molecule has 4 rings (SSSR count). The minimum Gasteiger partial charge on any atom is -0.508 e. The zero-order valence-electron chi connectivity index (χ0n) is 17.3. The van der Waals surface area contributed by atoms with Crippen LogP contribution >= 0.6 is 11.3 Å². The summed E-state index contributed by atoms with van der Waals surface area (Å²) in [6.45, 7) is 3.99. The van der Waals surface area contributed by atoms with E-state index in [1.54, 1.807) is 18.2 Å². The number of nitrogens with zero attached hydrogens (tertiary/aromatic N) is 1. The standard InChI is InChI=1S/C22H29N3O4S/c1-21-7-6-17(28)22(2,11-26)16(21)10-15-19(25-20(23)30-15)14(21)9-18(29)24-12-4-3-5-13(27)8-12/h3-5,8,14,16-17,26-28H,6-7,9-11H2,1-2H3,(H2,23,25)(H,24,29)/t14-,16+,17-,21+,22+/m1/s1. The van der Waals surface area contributed by atoms with Crippen molar-refractivity contribution < 1.29 is 20.1 Å². The Hall–Kier alpha value is -2.16. The fourth-order valence-corrected chi connectivity index (χ4v) is 6.58. The number of aliphatic hydroxyl groups is 2. The molecule has 30 heavy (non-hydrogen) atoms. The highest BCUT2D eigenvalue weighted by atomic mass is 32.1. The lowest BCUT2D eigenvalue weighted by Gasteiger charge is -2.58. The lowest BCUT2D eigenvalue weighted by molar-refractivity contribution is -0.143. The number of carbonyl (C=O) groups excluding carboxylic acids is 1. The summed E-state index contributed by atoms with van der Waals surface area (Å²) >= 11 is 1.43. The molecule has 1 amide bonds. The topological polar surface area (TPSA) is 129 Å². The average Bonchev–Trinajstić information content (AvgIpc) is 3.07. The number of nitrogen functional groups attached to an aromatic ring is 1. The number of hydrogen-bond donors (Lipinski definition) is 5. The van der Waals surface area contributed by atoms with Gasteiger partial charge in [0.2, 0.25) is 5.91 Å². The zero-order chi connectivity index (χ0) is 21.7. The Balaban J connectivity index is 1.69. The number of thiazole rings is 1. The maximum Gasteiger partial charge on any atom is 0.225 e. The molecule has 162 valence electrons. The van der Waals surface area contributed by atoms with Crippen LogP contribution < -0.4 is 11.1 Å². The largest absolute Gasteiger partial charge is 0.508 e. The molecule has 1 aromatic carbocycles. The molecule has 0 unspecified atom stereocenters. The number of benzene rings is 1. The molecule has 8 heteroatoms. The van der Waals surface area contributed by atoms with Gasteiger partial charge >= 0.3 is 0 Å². The molecular weight excluding hydrogens is 402 g/mol. The van der Waals surface area contributed by atoms with Crippen LogP contribution in [0.25, 0.3) is 0 Å². The van der Waals surface area contributed by atoms with Gasteiger partial charge in [0.1, 0.15) is 5.75 Å². The first-order chi connectivity index (χ1) is 14.2. The molecule has 2 aromatic rings. The summed E-state index contributed by atoms with van der Waals surface area (Å²) in [5.74, 6) is -0.242. The van der Waals surface area contributed by atoms with E-state index >= 15 is 0 Å².